The largest absolute Gasteiger partial charge is 0.455 e. The van der Waals surface area contributed by atoms with Gasteiger partial charge in [-0.05, 0) is 113 Å². The first-order valence-electron chi connectivity index (χ1n) is 17.9. The molecule has 244 valence electrons. The molecule has 0 saturated carbocycles. The van der Waals surface area contributed by atoms with E-state index >= 15 is 0 Å². The van der Waals surface area contributed by atoms with Crippen molar-refractivity contribution in [2.24, 2.45) is 0 Å². The summed E-state index contributed by atoms with van der Waals surface area (Å²) in [5.41, 5.74) is 11.3. The summed E-state index contributed by atoms with van der Waals surface area (Å²) in [4.78, 5) is 0. The number of hydrogen-bond acceptors (Lipinski definition) is 1. The van der Waals surface area contributed by atoms with E-state index in [0.29, 0.717) is 0 Å². The number of fused-ring (bicyclic) bond motifs is 8. The maximum absolute atomic E-state index is 6.83. The van der Waals surface area contributed by atoms with Gasteiger partial charge >= 0.3 is 0 Å². The van der Waals surface area contributed by atoms with Crippen LogP contribution in [0.5, 0.6) is 0 Å². The molecule has 52 heavy (non-hydrogen) atoms. The molecule has 0 fully saturated rings. The van der Waals surface area contributed by atoms with E-state index < -0.39 is 0 Å². The highest BCUT2D eigenvalue weighted by molar-refractivity contribution is 6.24. The molecule has 0 radical (unpaired) electrons. The average molecular weight is 663 g/mol. The molecule has 0 N–H and O–H groups in total. The van der Waals surface area contributed by atoms with Crippen molar-refractivity contribution in [3.8, 4) is 33.4 Å². The number of allylic oxidation sites excluding steroid dienone is 1. The average Bonchev–Trinajstić information content (AvgIpc) is 3.59. The van der Waals surface area contributed by atoms with Crippen molar-refractivity contribution < 1.29 is 4.42 Å². The zero-order valence-electron chi connectivity index (χ0n) is 28.9. The molecular formula is C51H34O. The lowest BCUT2D eigenvalue weighted by atomic mass is 9.85. The maximum Gasteiger partial charge on any atom is 0.143 e. The Morgan fingerprint density at radius 1 is 0.442 bits per heavy atom. The zero-order valence-corrected chi connectivity index (χ0v) is 28.9. The Morgan fingerprint density at radius 3 is 1.67 bits per heavy atom. The van der Waals surface area contributed by atoms with Crippen molar-refractivity contribution in [3.63, 3.8) is 0 Å². The monoisotopic (exact) mass is 662 g/mol. The fourth-order valence-electron chi connectivity index (χ4n) is 8.44. The van der Waals surface area contributed by atoms with Gasteiger partial charge < -0.3 is 4.42 Å². The van der Waals surface area contributed by atoms with Gasteiger partial charge in [-0.15, -0.1) is 0 Å². The second kappa shape index (κ2) is 12.0. The number of hydrogen-bond donors (Lipinski definition) is 0. The normalized spacial score (nSPS) is 11.9. The Morgan fingerprint density at radius 2 is 1.00 bits per heavy atom. The van der Waals surface area contributed by atoms with Crippen LogP contribution in [-0.4, -0.2) is 0 Å². The second-order valence-electron chi connectivity index (χ2n) is 13.6. The third kappa shape index (κ3) is 4.56. The standard InChI is InChI=1S/C51H34O/c1-3-14-39-38(4-2)50-46-28-27-37(31-47(46)52-51(50)45-24-12-7-19-40(39)45)49-43-22-10-8-20-41(43)48(42-21-9-11-23-44(42)49)36-18-13-17-34(30-36)35-26-25-32-15-5-6-16-33(32)29-35/h3-31H,2H2,1H3/b14-3-. The van der Waals surface area contributed by atoms with Crippen LogP contribution in [0.3, 0.4) is 0 Å². The Balaban J connectivity index is 1.21. The number of rotatable bonds is 5. The van der Waals surface area contributed by atoms with Crippen molar-refractivity contribution in [2.45, 2.75) is 6.92 Å². The first-order valence-corrected chi connectivity index (χ1v) is 17.9. The molecule has 0 saturated heterocycles. The summed E-state index contributed by atoms with van der Waals surface area (Å²) in [6.45, 7) is 6.31. The quantitative estimate of drug-likeness (QED) is 0.167. The van der Waals surface area contributed by atoms with Gasteiger partial charge in [-0.1, -0.05) is 158 Å². The maximum atomic E-state index is 6.83. The predicted octanol–water partition coefficient (Wildman–Crippen LogP) is 14.9. The Hall–Kier alpha value is -6.70. The molecule has 0 aliphatic heterocycles. The van der Waals surface area contributed by atoms with E-state index in [1.54, 1.807) is 0 Å². The molecule has 0 aliphatic rings. The molecule has 0 aliphatic carbocycles. The van der Waals surface area contributed by atoms with E-state index in [4.69, 9.17) is 4.42 Å². The fraction of sp³-hybridized carbons (Fsp3) is 0.0196. The Kier molecular flexibility index (Phi) is 6.94. The van der Waals surface area contributed by atoms with E-state index in [-0.39, 0.29) is 0 Å². The smallest absolute Gasteiger partial charge is 0.143 e. The van der Waals surface area contributed by atoms with Gasteiger partial charge in [-0.3, -0.25) is 0 Å². The lowest BCUT2D eigenvalue weighted by Gasteiger charge is -2.18. The molecule has 0 atom stereocenters. The number of furan rings is 1. The van der Waals surface area contributed by atoms with Gasteiger partial charge in [-0.2, -0.15) is 0 Å². The lowest BCUT2D eigenvalue weighted by Crippen LogP contribution is -1.91. The molecule has 0 amide bonds. The Labute approximate surface area is 302 Å². The molecule has 1 heteroatoms. The van der Waals surface area contributed by atoms with E-state index in [0.717, 1.165) is 38.5 Å². The second-order valence-corrected chi connectivity index (χ2v) is 13.6. The van der Waals surface area contributed by atoms with Crippen molar-refractivity contribution in [1.29, 1.82) is 0 Å². The summed E-state index contributed by atoms with van der Waals surface area (Å²) in [5, 5.41) is 11.9. The van der Waals surface area contributed by atoms with E-state index in [1.165, 1.54) is 71.1 Å². The summed E-state index contributed by atoms with van der Waals surface area (Å²) in [6, 6.07) is 57.3. The summed E-state index contributed by atoms with van der Waals surface area (Å²) < 4.78 is 6.83. The summed E-state index contributed by atoms with van der Waals surface area (Å²) in [7, 11) is 0. The first-order chi connectivity index (χ1) is 25.7. The molecule has 1 nitrogen and oxygen atoms in total. The lowest BCUT2D eigenvalue weighted by molar-refractivity contribution is 0.673. The van der Waals surface area contributed by atoms with E-state index in [1.807, 2.05) is 6.08 Å². The minimum absolute atomic E-state index is 0.874. The molecule has 10 rings (SSSR count). The number of benzene rings is 9. The highest BCUT2D eigenvalue weighted by atomic mass is 16.3. The van der Waals surface area contributed by atoms with Gasteiger partial charge in [0.25, 0.3) is 0 Å². The molecule has 9 aromatic carbocycles. The van der Waals surface area contributed by atoms with Gasteiger partial charge in [0.1, 0.15) is 11.2 Å². The molecule has 0 bridgehead atoms. The predicted molar refractivity (Wildman–Crippen MR) is 225 cm³/mol. The highest BCUT2D eigenvalue weighted by Gasteiger charge is 2.21. The van der Waals surface area contributed by atoms with Crippen LogP contribution in [0.2, 0.25) is 0 Å². The van der Waals surface area contributed by atoms with Crippen LogP contribution in [0.4, 0.5) is 0 Å². The van der Waals surface area contributed by atoms with Gasteiger partial charge in [0.15, 0.2) is 0 Å². The highest BCUT2D eigenvalue weighted by Crippen LogP contribution is 2.46. The minimum atomic E-state index is 0.874. The van der Waals surface area contributed by atoms with Crippen LogP contribution >= 0.6 is 0 Å². The van der Waals surface area contributed by atoms with Crippen molar-refractivity contribution in [1.82, 2.24) is 0 Å². The molecule has 1 heterocycles. The topological polar surface area (TPSA) is 13.1 Å². The van der Waals surface area contributed by atoms with E-state index in [2.05, 4.69) is 183 Å². The van der Waals surface area contributed by atoms with Gasteiger partial charge in [0, 0.05) is 16.2 Å². The van der Waals surface area contributed by atoms with Crippen LogP contribution in [0.15, 0.2) is 175 Å². The third-order valence-corrected chi connectivity index (χ3v) is 10.7. The molecule has 1 aromatic heterocycles. The van der Waals surface area contributed by atoms with Crippen LogP contribution < -0.4 is 0 Å². The van der Waals surface area contributed by atoms with Crippen LogP contribution in [0.1, 0.15) is 18.1 Å². The van der Waals surface area contributed by atoms with E-state index in [9.17, 15) is 0 Å². The summed E-state index contributed by atoms with van der Waals surface area (Å²) >= 11 is 0. The Bertz CT molecular complexity index is 3040. The van der Waals surface area contributed by atoms with Gasteiger partial charge in [0.05, 0.1) is 0 Å². The van der Waals surface area contributed by atoms with Crippen LogP contribution in [-0.2, 0) is 0 Å². The van der Waals surface area contributed by atoms with Crippen LogP contribution in [0, 0.1) is 0 Å². The molecule has 10 aromatic rings. The van der Waals surface area contributed by atoms with Crippen LogP contribution in [0.25, 0.3) is 111 Å². The van der Waals surface area contributed by atoms with Crippen molar-refractivity contribution >= 4 is 77.2 Å². The molecule has 0 spiro atoms. The summed E-state index contributed by atoms with van der Waals surface area (Å²) in [5.74, 6) is 0. The van der Waals surface area contributed by atoms with Crippen molar-refractivity contribution in [3.05, 3.63) is 182 Å². The molecular weight excluding hydrogens is 629 g/mol. The fourth-order valence-corrected chi connectivity index (χ4v) is 8.44. The van der Waals surface area contributed by atoms with Gasteiger partial charge in [-0.25, -0.2) is 0 Å². The third-order valence-electron chi connectivity index (χ3n) is 10.7. The zero-order chi connectivity index (χ0) is 34.8. The van der Waals surface area contributed by atoms with Gasteiger partial charge in [0.2, 0.25) is 0 Å². The summed E-state index contributed by atoms with van der Waals surface area (Å²) in [6.07, 6.45) is 6.26. The SMILES string of the molecule is C=Cc1c(/C=C\C)c2ccccc2c2oc3cc(-c4c5ccccc5c(-c5cccc(-c6ccc7ccccc7c6)c5)c5ccccc45)ccc3c12. The molecule has 0 unspecified atom stereocenters. The van der Waals surface area contributed by atoms with Crippen molar-refractivity contribution in [2.75, 3.05) is 0 Å². The minimum Gasteiger partial charge on any atom is -0.455 e. The first kappa shape index (κ1) is 30.2.